The highest BCUT2D eigenvalue weighted by Gasteiger charge is 2.30. The van der Waals surface area contributed by atoms with Gasteiger partial charge in [-0.1, -0.05) is 13.8 Å². The molecule has 3 heterocycles. The molecule has 0 aliphatic carbocycles. The number of aromatic nitrogens is 5. The second-order valence-electron chi connectivity index (χ2n) is 6.28. The van der Waals surface area contributed by atoms with E-state index in [-0.39, 0.29) is 11.3 Å². The summed E-state index contributed by atoms with van der Waals surface area (Å²) in [6.45, 7) is 6.05. The van der Waals surface area contributed by atoms with Crippen LogP contribution in [0.15, 0.2) is 6.33 Å². The number of imidazole rings is 1. The first-order chi connectivity index (χ1) is 10.5. The van der Waals surface area contributed by atoms with Crippen LogP contribution in [0.3, 0.4) is 0 Å². The fourth-order valence-electron chi connectivity index (χ4n) is 2.57. The van der Waals surface area contributed by atoms with Crippen molar-refractivity contribution in [2.45, 2.75) is 26.8 Å². The number of hydrogen-bond donors (Lipinski definition) is 2. The van der Waals surface area contributed by atoms with E-state index in [1.165, 1.54) is 0 Å². The zero-order valence-corrected chi connectivity index (χ0v) is 13.0. The first-order valence-electron chi connectivity index (χ1n) is 7.24. The third-order valence-electron chi connectivity index (χ3n) is 3.74. The molecular formula is C14H20N6O2. The van der Waals surface area contributed by atoms with Crippen LogP contribution >= 0.6 is 0 Å². The van der Waals surface area contributed by atoms with Crippen LogP contribution in [0.4, 0.5) is 0 Å². The number of H-pyrrole nitrogens is 1. The molecule has 0 bridgehead atoms. The summed E-state index contributed by atoms with van der Waals surface area (Å²) in [6, 6.07) is 0. The standard InChI is InChI=1S/C14H20N6O2/c1-14(2)6-9-10(13(21)15-7-14)18-11(17-9)12-19-16-8-20(12)4-5-22-3/h8H,4-7H2,1-3H3,(H,15,21)(H,17,18). The summed E-state index contributed by atoms with van der Waals surface area (Å²) in [7, 11) is 1.64. The fraction of sp³-hybridized carbons (Fsp3) is 0.571. The second-order valence-corrected chi connectivity index (χ2v) is 6.28. The van der Waals surface area contributed by atoms with E-state index in [2.05, 4.69) is 39.3 Å². The lowest BCUT2D eigenvalue weighted by Gasteiger charge is -2.21. The Balaban J connectivity index is 1.96. The smallest absolute Gasteiger partial charge is 0.271 e. The maximum Gasteiger partial charge on any atom is 0.271 e. The quantitative estimate of drug-likeness (QED) is 0.863. The van der Waals surface area contributed by atoms with Gasteiger partial charge >= 0.3 is 0 Å². The number of carbonyl (C=O) groups excluding carboxylic acids is 1. The fourth-order valence-corrected chi connectivity index (χ4v) is 2.57. The van der Waals surface area contributed by atoms with Crippen LogP contribution in [0.2, 0.25) is 0 Å². The third-order valence-corrected chi connectivity index (χ3v) is 3.74. The largest absolute Gasteiger partial charge is 0.383 e. The highest BCUT2D eigenvalue weighted by Crippen LogP contribution is 2.27. The molecule has 8 heteroatoms. The van der Waals surface area contributed by atoms with Crippen molar-refractivity contribution >= 4 is 5.91 Å². The molecule has 0 spiro atoms. The molecule has 0 radical (unpaired) electrons. The van der Waals surface area contributed by atoms with E-state index >= 15 is 0 Å². The maximum atomic E-state index is 12.2. The van der Waals surface area contributed by atoms with E-state index in [9.17, 15) is 4.79 Å². The number of nitrogens with one attached hydrogen (secondary N) is 2. The molecule has 1 amide bonds. The predicted molar refractivity (Wildman–Crippen MR) is 79.3 cm³/mol. The molecule has 1 aliphatic rings. The lowest BCUT2D eigenvalue weighted by atomic mass is 9.88. The number of aromatic amines is 1. The van der Waals surface area contributed by atoms with Gasteiger partial charge in [0.2, 0.25) is 0 Å². The molecule has 0 aromatic carbocycles. The van der Waals surface area contributed by atoms with E-state index in [0.29, 0.717) is 37.0 Å². The van der Waals surface area contributed by atoms with Crippen molar-refractivity contribution in [3.63, 3.8) is 0 Å². The lowest BCUT2D eigenvalue weighted by Crippen LogP contribution is -2.32. The Kier molecular flexibility index (Phi) is 3.69. The molecule has 0 unspecified atom stereocenters. The van der Waals surface area contributed by atoms with Gasteiger partial charge in [0.1, 0.15) is 12.0 Å². The monoisotopic (exact) mass is 304 g/mol. The Morgan fingerprint density at radius 3 is 3.05 bits per heavy atom. The minimum Gasteiger partial charge on any atom is -0.383 e. The molecule has 0 saturated heterocycles. The Bertz CT molecular complexity index is 687. The number of ether oxygens (including phenoxy) is 1. The summed E-state index contributed by atoms with van der Waals surface area (Å²) in [5, 5.41) is 10.9. The number of amides is 1. The zero-order valence-electron chi connectivity index (χ0n) is 13.0. The molecule has 2 aromatic rings. The molecule has 8 nitrogen and oxygen atoms in total. The van der Waals surface area contributed by atoms with Gasteiger partial charge in [-0.15, -0.1) is 10.2 Å². The predicted octanol–water partition coefficient (Wildman–Crippen LogP) is 0.627. The minimum atomic E-state index is -0.147. The van der Waals surface area contributed by atoms with Crippen molar-refractivity contribution in [3.8, 4) is 11.6 Å². The van der Waals surface area contributed by atoms with Crippen LogP contribution in [0.25, 0.3) is 11.6 Å². The highest BCUT2D eigenvalue weighted by molar-refractivity contribution is 5.94. The van der Waals surface area contributed by atoms with Crippen LogP contribution in [0.5, 0.6) is 0 Å². The molecule has 22 heavy (non-hydrogen) atoms. The average molecular weight is 304 g/mol. The van der Waals surface area contributed by atoms with Crippen molar-refractivity contribution in [1.82, 2.24) is 30.0 Å². The van der Waals surface area contributed by atoms with Gasteiger partial charge in [0.15, 0.2) is 11.6 Å². The van der Waals surface area contributed by atoms with Crippen molar-refractivity contribution in [2.24, 2.45) is 5.41 Å². The van der Waals surface area contributed by atoms with E-state index in [0.717, 1.165) is 12.1 Å². The van der Waals surface area contributed by atoms with Gasteiger partial charge in [0.25, 0.3) is 5.91 Å². The first kappa shape index (κ1) is 14.7. The first-order valence-corrected chi connectivity index (χ1v) is 7.24. The number of fused-ring (bicyclic) bond motifs is 1. The van der Waals surface area contributed by atoms with Crippen molar-refractivity contribution in [2.75, 3.05) is 20.3 Å². The molecule has 3 rings (SSSR count). The van der Waals surface area contributed by atoms with Gasteiger partial charge < -0.3 is 19.6 Å². The number of rotatable bonds is 4. The molecule has 2 N–H and O–H groups in total. The number of hydrogen-bond acceptors (Lipinski definition) is 5. The van der Waals surface area contributed by atoms with Gasteiger partial charge in [0, 0.05) is 25.9 Å². The lowest BCUT2D eigenvalue weighted by molar-refractivity contribution is 0.0940. The van der Waals surface area contributed by atoms with Gasteiger partial charge in [-0.3, -0.25) is 4.79 Å². The van der Waals surface area contributed by atoms with Gasteiger partial charge in [0.05, 0.1) is 6.61 Å². The summed E-state index contributed by atoms with van der Waals surface area (Å²) in [6.07, 6.45) is 2.38. The minimum absolute atomic E-state index is 0.0194. The number of carbonyl (C=O) groups is 1. The molecule has 0 atom stereocenters. The van der Waals surface area contributed by atoms with Crippen molar-refractivity contribution in [1.29, 1.82) is 0 Å². The van der Waals surface area contributed by atoms with Gasteiger partial charge in [-0.05, 0) is 11.8 Å². The Hall–Kier alpha value is -2.22. The third kappa shape index (κ3) is 2.74. The Labute approximate surface area is 128 Å². The zero-order chi connectivity index (χ0) is 15.7. The SMILES string of the molecule is COCCn1cnnc1-c1nc2c([nH]1)CC(C)(C)CNC2=O. The average Bonchev–Trinajstić information content (AvgIpc) is 3.06. The van der Waals surface area contributed by atoms with Gasteiger partial charge in [-0.25, -0.2) is 4.98 Å². The molecule has 0 saturated carbocycles. The van der Waals surface area contributed by atoms with Crippen LogP contribution in [-0.2, 0) is 17.7 Å². The van der Waals surface area contributed by atoms with Crippen LogP contribution in [0, 0.1) is 5.41 Å². The van der Waals surface area contributed by atoms with Crippen LogP contribution in [0.1, 0.15) is 30.0 Å². The summed E-state index contributed by atoms with van der Waals surface area (Å²) >= 11 is 0. The van der Waals surface area contributed by atoms with E-state index < -0.39 is 0 Å². The molecule has 2 aromatic heterocycles. The normalized spacial score (nSPS) is 17.0. The van der Waals surface area contributed by atoms with Crippen molar-refractivity contribution in [3.05, 3.63) is 17.7 Å². The molecule has 1 aliphatic heterocycles. The summed E-state index contributed by atoms with van der Waals surface area (Å²) in [4.78, 5) is 19.9. The van der Waals surface area contributed by atoms with Crippen LogP contribution < -0.4 is 5.32 Å². The van der Waals surface area contributed by atoms with Gasteiger partial charge in [-0.2, -0.15) is 0 Å². The number of nitrogens with zero attached hydrogens (tertiary/aromatic N) is 4. The summed E-state index contributed by atoms with van der Waals surface area (Å²) in [5.74, 6) is 1.02. The Morgan fingerprint density at radius 1 is 1.45 bits per heavy atom. The topological polar surface area (TPSA) is 97.7 Å². The van der Waals surface area contributed by atoms with E-state index in [1.54, 1.807) is 13.4 Å². The Morgan fingerprint density at radius 2 is 2.27 bits per heavy atom. The number of methoxy groups -OCH3 is 1. The molecular weight excluding hydrogens is 284 g/mol. The van der Waals surface area contributed by atoms with Crippen LogP contribution in [-0.4, -0.2) is 50.9 Å². The second kappa shape index (κ2) is 5.53. The highest BCUT2D eigenvalue weighted by atomic mass is 16.5. The molecule has 0 fully saturated rings. The van der Waals surface area contributed by atoms with E-state index in [4.69, 9.17) is 4.74 Å². The maximum absolute atomic E-state index is 12.2. The van der Waals surface area contributed by atoms with E-state index in [1.807, 2.05) is 4.57 Å². The summed E-state index contributed by atoms with van der Waals surface area (Å²) in [5.41, 5.74) is 1.27. The summed E-state index contributed by atoms with van der Waals surface area (Å²) < 4.78 is 6.93. The van der Waals surface area contributed by atoms with Crippen molar-refractivity contribution < 1.29 is 9.53 Å². The molecule has 118 valence electrons.